The Bertz CT molecular complexity index is 1110. The van der Waals surface area contributed by atoms with E-state index in [1.54, 1.807) is 6.20 Å². The molecule has 0 unspecified atom stereocenters. The predicted molar refractivity (Wildman–Crippen MR) is 110 cm³/mol. The second-order valence-electron chi connectivity index (χ2n) is 7.78. The zero-order chi connectivity index (χ0) is 23.8. The van der Waals surface area contributed by atoms with Crippen LogP contribution in [0.25, 0.3) is 0 Å². The minimum atomic E-state index is -4.90. The molecule has 0 spiro atoms. The first-order chi connectivity index (χ1) is 15.5. The Labute approximate surface area is 185 Å². The van der Waals surface area contributed by atoms with Gasteiger partial charge in [-0.1, -0.05) is 6.07 Å². The maximum atomic E-state index is 13.1. The van der Waals surface area contributed by atoms with E-state index in [0.29, 0.717) is 37.5 Å². The minimum absolute atomic E-state index is 0.114. The number of halogens is 6. The molecule has 1 aromatic carbocycles. The molecule has 33 heavy (non-hydrogen) atoms. The van der Waals surface area contributed by atoms with E-state index in [0.717, 1.165) is 22.6 Å². The van der Waals surface area contributed by atoms with Crippen molar-refractivity contribution in [2.24, 2.45) is 0 Å². The molecule has 0 atom stereocenters. The summed E-state index contributed by atoms with van der Waals surface area (Å²) >= 11 is 0. The molecule has 174 valence electrons. The number of hydrogen-bond donors (Lipinski definition) is 1. The third-order valence-electron chi connectivity index (χ3n) is 5.33. The molecule has 5 nitrogen and oxygen atoms in total. The van der Waals surface area contributed by atoms with Crippen molar-refractivity contribution in [3.63, 3.8) is 0 Å². The minimum Gasteiger partial charge on any atom is -0.366 e. The molecular weight excluding hydrogens is 448 g/mol. The Kier molecular flexibility index (Phi) is 5.89. The first kappa shape index (κ1) is 22.8. The summed E-state index contributed by atoms with van der Waals surface area (Å²) in [5.74, 6) is 1.12. The van der Waals surface area contributed by atoms with Gasteiger partial charge < -0.3 is 10.2 Å². The maximum Gasteiger partial charge on any atom is 0.416 e. The number of nitrogens with zero attached hydrogens (tertiary/aromatic N) is 4. The maximum absolute atomic E-state index is 13.1. The molecule has 4 rings (SSSR count). The van der Waals surface area contributed by atoms with Crippen LogP contribution in [0.3, 0.4) is 0 Å². The topological polar surface area (TPSA) is 53.9 Å². The number of anilines is 2. The largest absolute Gasteiger partial charge is 0.416 e. The molecule has 3 heterocycles. The van der Waals surface area contributed by atoms with Crippen LogP contribution in [-0.2, 0) is 31.9 Å². The third kappa shape index (κ3) is 5.18. The molecule has 0 bridgehead atoms. The third-order valence-corrected chi connectivity index (χ3v) is 5.33. The number of nitrogens with one attached hydrogen (secondary N) is 1. The highest BCUT2D eigenvalue weighted by atomic mass is 19.4. The van der Waals surface area contributed by atoms with Gasteiger partial charge in [0.15, 0.2) is 0 Å². The van der Waals surface area contributed by atoms with Gasteiger partial charge in [0.2, 0.25) is 0 Å². The average Bonchev–Trinajstić information content (AvgIpc) is 2.76. The number of hydrogen-bond acceptors (Lipinski definition) is 5. The number of fused-ring (bicyclic) bond motifs is 1. The summed E-state index contributed by atoms with van der Waals surface area (Å²) in [5.41, 5.74) is -0.338. The van der Waals surface area contributed by atoms with Gasteiger partial charge in [-0.15, -0.1) is 0 Å². The molecule has 0 saturated carbocycles. The number of aromatic nitrogens is 3. The van der Waals surface area contributed by atoms with E-state index >= 15 is 0 Å². The van der Waals surface area contributed by atoms with E-state index in [9.17, 15) is 26.3 Å². The lowest BCUT2D eigenvalue weighted by Crippen LogP contribution is -2.32. The van der Waals surface area contributed by atoms with E-state index < -0.39 is 23.5 Å². The van der Waals surface area contributed by atoms with Crippen LogP contribution in [0.5, 0.6) is 0 Å². The van der Waals surface area contributed by atoms with Crippen molar-refractivity contribution < 1.29 is 26.3 Å². The summed E-state index contributed by atoms with van der Waals surface area (Å²) in [4.78, 5) is 14.9. The first-order valence-corrected chi connectivity index (χ1v) is 10.0. The summed E-state index contributed by atoms with van der Waals surface area (Å²) in [6.07, 6.45) is -6.12. The predicted octanol–water partition coefficient (Wildman–Crippen LogP) is 5.39. The van der Waals surface area contributed by atoms with Gasteiger partial charge in [0.05, 0.1) is 16.8 Å². The van der Waals surface area contributed by atoms with E-state index in [1.165, 1.54) is 6.33 Å². The summed E-state index contributed by atoms with van der Waals surface area (Å²) in [7, 11) is 0. The quantitative estimate of drug-likeness (QED) is 0.522. The highest BCUT2D eigenvalue weighted by Gasteiger charge is 2.36. The molecule has 1 N–H and O–H groups in total. The molecule has 0 fully saturated rings. The highest BCUT2D eigenvalue weighted by molar-refractivity contribution is 5.52. The molecule has 11 heteroatoms. The molecule has 1 aliphatic heterocycles. The van der Waals surface area contributed by atoms with Crippen molar-refractivity contribution in [2.45, 2.75) is 38.8 Å². The number of rotatable bonds is 4. The second-order valence-corrected chi connectivity index (χ2v) is 7.78. The summed E-state index contributed by atoms with van der Waals surface area (Å²) in [5, 5.41) is 2.89. The van der Waals surface area contributed by atoms with Gasteiger partial charge in [-0.05, 0) is 42.3 Å². The average molecular weight is 467 g/mol. The number of alkyl halides is 6. The van der Waals surface area contributed by atoms with Crippen LogP contribution in [0.2, 0.25) is 0 Å². The van der Waals surface area contributed by atoms with Crippen LogP contribution in [-0.4, -0.2) is 21.5 Å². The van der Waals surface area contributed by atoms with E-state index in [1.807, 2.05) is 24.0 Å². The van der Waals surface area contributed by atoms with Crippen LogP contribution < -0.4 is 10.2 Å². The first-order valence-electron chi connectivity index (χ1n) is 10.0. The summed E-state index contributed by atoms with van der Waals surface area (Å²) in [6, 6.07) is 5.35. The fraction of sp³-hybridized carbons (Fsp3) is 0.318. The van der Waals surface area contributed by atoms with Gasteiger partial charge in [-0.25, -0.2) is 15.0 Å². The molecule has 0 amide bonds. The van der Waals surface area contributed by atoms with Crippen LogP contribution >= 0.6 is 0 Å². The smallest absolute Gasteiger partial charge is 0.366 e. The lowest BCUT2D eigenvalue weighted by molar-refractivity contribution is -0.143. The highest BCUT2D eigenvalue weighted by Crippen LogP contribution is 2.36. The van der Waals surface area contributed by atoms with Gasteiger partial charge in [-0.3, -0.25) is 0 Å². The fourth-order valence-electron chi connectivity index (χ4n) is 3.64. The molecule has 1 aliphatic rings. The van der Waals surface area contributed by atoms with Crippen molar-refractivity contribution in [3.8, 4) is 0 Å². The Balaban J connectivity index is 1.59. The van der Waals surface area contributed by atoms with Crippen LogP contribution in [0, 0.1) is 6.92 Å². The Morgan fingerprint density at radius 2 is 1.64 bits per heavy atom. The second kappa shape index (κ2) is 8.53. The van der Waals surface area contributed by atoms with E-state index in [4.69, 9.17) is 0 Å². The van der Waals surface area contributed by atoms with E-state index in [2.05, 4.69) is 20.3 Å². The van der Waals surface area contributed by atoms with E-state index in [-0.39, 0.29) is 18.2 Å². The summed E-state index contributed by atoms with van der Waals surface area (Å²) in [6.45, 7) is 2.74. The normalized spacial score (nSPS) is 14.2. The molecular formula is C22H19F6N5. The lowest BCUT2D eigenvalue weighted by Gasteiger charge is -2.30. The SMILES string of the molecule is Cc1ccc(N2CCc3ncnc(NCc4cc(C(F)(F)F)cc(C(F)(F)F)c4)c3C2)nc1. The Morgan fingerprint density at radius 3 is 2.24 bits per heavy atom. The number of benzene rings is 1. The van der Waals surface area contributed by atoms with Crippen molar-refractivity contribution in [2.75, 3.05) is 16.8 Å². The Hall–Kier alpha value is -3.37. The molecule has 3 aromatic rings. The van der Waals surface area contributed by atoms with Gasteiger partial charge >= 0.3 is 12.4 Å². The molecule has 0 aliphatic carbocycles. The van der Waals surface area contributed by atoms with Crippen LogP contribution in [0.1, 0.15) is 33.5 Å². The fourth-order valence-corrected chi connectivity index (χ4v) is 3.64. The van der Waals surface area contributed by atoms with Gasteiger partial charge in [0.25, 0.3) is 0 Å². The van der Waals surface area contributed by atoms with Crippen LogP contribution in [0.15, 0.2) is 42.9 Å². The summed E-state index contributed by atoms with van der Waals surface area (Å²) < 4.78 is 78.8. The van der Waals surface area contributed by atoms with Crippen LogP contribution in [0.4, 0.5) is 38.0 Å². The number of aryl methyl sites for hydroxylation is 1. The molecule has 2 aromatic heterocycles. The molecule has 0 radical (unpaired) electrons. The van der Waals surface area contributed by atoms with Crippen molar-refractivity contribution >= 4 is 11.6 Å². The van der Waals surface area contributed by atoms with Gasteiger partial charge in [0, 0.05) is 37.8 Å². The zero-order valence-corrected chi connectivity index (χ0v) is 17.4. The van der Waals surface area contributed by atoms with Crippen molar-refractivity contribution in [1.29, 1.82) is 0 Å². The van der Waals surface area contributed by atoms with Crippen molar-refractivity contribution in [3.05, 3.63) is 76.4 Å². The Morgan fingerprint density at radius 1 is 0.939 bits per heavy atom. The monoisotopic (exact) mass is 467 g/mol. The molecule has 0 saturated heterocycles. The van der Waals surface area contributed by atoms with Gasteiger partial charge in [0.1, 0.15) is 18.0 Å². The lowest BCUT2D eigenvalue weighted by atomic mass is 10.0. The zero-order valence-electron chi connectivity index (χ0n) is 17.4. The van der Waals surface area contributed by atoms with Gasteiger partial charge in [-0.2, -0.15) is 26.3 Å². The van der Waals surface area contributed by atoms with Crippen molar-refractivity contribution in [1.82, 2.24) is 15.0 Å². The standard InChI is InChI=1S/C22H19F6N5/c1-13-2-3-19(29-9-13)33-5-4-18-17(11-33)20(32-12-31-18)30-10-14-6-15(21(23,24)25)8-16(7-14)22(26,27)28/h2-3,6-9,12H,4-5,10-11H2,1H3,(H,30,31,32). The number of pyridine rings is 1.